The second-order valence-corrected chi connectivity index (χ2v) is 7.36. The molecule has 1 heterocycles. The van der Waals surface area contributed by atoms with Crippen LogP contribution in [0.3, 0.4) is 0 Å². The van der Waals surface area contributed by atoms with Gasteiger partial charge >= 0.3 is 0 Å². The zero-order chi connectivity index (χ0) is 18.7. The van der Waals surface area contributed by atoms with E-state index < -0.39 is 5.82 Å². The molecule has 1 aliphatic rings. The van der Waals surface area contributed by atoms with Crippen molar-refractivity contribution >= 4 is 39.3 Å². The van der Waals surface area contributed by atoms with E-state index in [1.165, 1.54) is 0 Å². The Morgan fingerprint density at radius 1 is 1.00 bits per heavy atom. The predicted octanol–water partition coefficient (Wildman–Crippen LogP) is 3.77. The van der Waals surface area contributed by atoms with Crippen LogP contribution >= 0.6 is 27.5 Å². The standard InChI is InChI=1S/C19H17BrClFN2O2/c20-16-3-1-2-14(18(16)22)12-17(25)23-8-10-24(11-9-23)19(26)13-4-6-15(21)7-5-13/h1-7H,8-12H2. The predicted molar refractivity (Wildman–Crippen MR) is 102 cm³/mol. The summed E-state index contributed by atoms with van der Waals surface area (Å²) in [5.41, 5.74) is 0.939. The van der Waals surface area contributed by atoms with Crippen LogP contribution in [0.15, 0.2) is 46.9 Å². The Bertz CT molecular complexity index is 821. The maximum atomic E-state index is 14.0. The number of hydrogen-bond acceptors (Lipinski definition) is 2. The van der Waals surface area contributed by atoms with Crippen LogP contribution in [0.5, 0.6) is 0 Å². The minimum Gasteiger partial charge on any atom is -0.339 e. The van der Waals surface area contributed by atoms with Crippen LogP contribution in [-0.4, -0.2) is 47.8 Å². The second kappa shape index (κ2) is 8.18. The SMILES string of the molecule is O=C(Cc1cccc(Br)c1F)N1CCN(C(=O)c2ccc(Cl)cc2)CC1. The lowest BCUT2D eigenvalue weighted by Gasteiger charge is -2.35. The molecule has 0 bridgehead atoms. The molecule has 0 radical (unpaired) electrons. The van der Waals surface area contributed by atoms with E-state index in [4.69, 9.17) is 11.6 Å². The maximum Gasteiger partial charge on any atom is 0.253 e. The van der Waals surface area contributed by atoms with Crippen molar-refractivity contribution in [3.63, 3.8) is 0 Å². The number of carbonyl (C=O) groups is 2. The number of piperazine rings is 1. The van der Waals surface area contributed by atoms with Crippen molar-refractivity contribution in [2.45, 2.75) is 6.42 Å². The van der Waals surface area contributed by atoms with Crippen LogP contribution in [0.1, 0.15) is 15.9 Å². The van der Waals surface area contributed by atoms with E-state index in [9.17, 15) is 14.0 Å². The highest BCUT2D eigenvalue weighted by molar-refractivity contribution is 9.10. The third-order valence-electron chi connectivity index (χ3n) is 4.38. The van der Waals surface area contributed by atoms with Crippen molar-refractivity contribution in [3.05, 3.63) is 68.9 Å². The molecule has 136 valence electrons. The molecule has 0 atom stereocenters. The molecular formula is C19H17BrClFN2O2. The zero-order valence-corrected chi connectivity index (χ0v) is 16.3. The minimum absolute atomic E-state index is 0.0103. The van der Waals surface area contributed by atoms with Gasteiger partial charge in [-0.1, -0.05) is 23.7 Å². The average Bonchev–Trinajstić information content (AvgIpc) is 2.65. The number of nitrogens with zero attached hydrogens (tertiary/aromatic N) is 2. The Kier molecular flexibility index (Phi) is 5.94. The largest absolute Gasteiger partial charge is 0.339 e. The fourth-order valence-electron chi connectivity index (χ4n) is 2.89. The van der Waals surface area contributed by atoms with Gasteiger partial charge in [-0.25, -0.2) is 4.39 Å². The summed E-state index contributed by atoms with van der Waals surface area (Å²) >= 11 is 8.97. The molecule has 2 amide bonds. The van der Waals surface area contributed by atoms with Gasteiger partial charge in [-0.15, -0.1) is 0 Å². The Balaban J connectivity index is 1.57. The van der Waals surface area contributed by atoms with Gasteiger partial charge in [0.05, 0.1) is 10.9 Å². The van der Waals surface area contributed by atoms with E-state index in [0.717, 1.165) is 0 Å². The molecule has 2 aromatic rings. The number of hydrogen-bond donors (Lipinski definition) is 0. The summed E-state index contributed by atoms with van der Waals surface area (Å²) in [7, 11) is 0. The summed E-state index contributed by atoms with van der Waals surface area (Å²) in [6.45, 7) is 1.78. The molecule has 1 saturated heterocycles. The Morgan fingerprint density at radius 3 is 2.27 bits per heavy atom. The first kappa shape index (κ1) is 18.9. The van der Waals surface area contributed by atoms with E-state index in [2.05, 4.69) is 15.9 Å². The lowest BCUT2D eigenvalue weighted by molar-refractivity contribution is -0.132. The van der Waals surface area contributed by atoms with Gasteiger partial charge in [0.25, 0.3) is 5.91 Å². The molecule has 7 heteroatoms. The van der Waals surface area contributed by atoms with Gasteiger partial charge in [0, 0.05) is 36.8 Å². The molecule has 0 saturated carbocycles. The number of amides is 2. The highest BCUT2D eigenvalue weighted by Crippen LogP contribution is 2.20. The van der Waals surface area contributed by atoms with Crippen LogP contribution < -0.4 is 0 Å². The van der Waals surface area contributed by atoms with E-state index in [1.54, 1.807) is 52.3 Å². The Morgan fingerprint density at radius 2 is 1.62 bits per heavy atom. The number of carbonyl (C=O) groups excluding carboxylic acids is 2. The maximum absolute atomic E-state index is 14.0. The first-order valence-electron chi connectivity index (χ1n) is 8.21. The second-order valence-electron chi connectivity index (χ2n) is 6.07. The van der Waals surface area contributed by atoms with Crippen LogP contribution in [0.2, 0.25) is 5.02 Å². The molecule has 2 aromatic carbocycles. The summed E-state index contributed by atoms with van der Waals surface area (Å²) in [6.07, 6.45) is 0.0103. The Labute approximate surface area is 164 Å². The van der Waals surface area contributed by atoms with Gasteiger partial charge in [0.15, 0.2) is 0 Å². The molecular weight excluding hydrogens is 423 g/mol. The van der Waals surface area contributed by atoms with Gasteiger partial charge in [0.1, 0.15) is 5.82 Å². The van der Waals surface area contributed by atoms with Crippen molar-refractivity contribution in [3.8, 4) is 0 Å². The number of benzene rings is 2. The molecule has 1 fully saturated rings. The third kappa shape index (κ3) is 4.24. The number of halogens is 3. The monoisotopic (exact) mass is 438 g/mol. The van der Waals surface area contributed by atoms with Crippen molar-refractivity contribution in [1.82, 2.24) is 9.80 Å². The third-order valence-corrected chi connectivity index (χ3v) is 5.25. The first-order valence-corrected chi connectivity index (χ1v) is 9.38. The van der Waals surface area contributed by atoms with Crippen molar-refractivity contribution in [2.24, 2.45) is 0 Å². The van der Waals surface area contributed by atoms with E-state index in [-0.39, 0.29) is 18.2 Å². The fourth-order valence-corrected chi connectivity index (χ4v) is 3.43. The number of rotatable bonds is 3. The van der Waals surface area contributed by atoms with E-state index in [0.29, 0.717) is 46.8 Å². The Hall–Kier alpha value is -1.92. The quantitative estimate of drug-likeness (QED) is 0.730. The first-order chi connectivity index (χ1) is 12.5. The topological polar surface area (TPSA) is 40.6 Å². The van der Waals surface area contributed by atoms with E-state index in [1.807, 2.05) is 0 Å². The van der Waals surface area contributed by atoms with Crippen molar-refractivity contribution < 1.29 is 14.0 Å². The summed E-state index contributed by atoms with van der Waals surface area (Å²) in [5, 5.41) is 0.580. The van der Waals surface area contributed by atoms with Gasteiger partial charge in [-0.3, -0.25) is 9.59 Å². The minimum atomic E-state index is -0.405. The molecule has 0 spiro atoms. The summed E-state index contributed by atoms with van der Waals surface area (Å²) < 4.78 is 14.4. The van der Waals surface area contributed by atoms with Crippen molar-refractivity contribution in [1.29, 1.82) is 0 Å². The lowest BCUT2D eigenvalue weighted by atomic mass is 10.1. The molecule has 0 aliphatic carbocycles. The highest BCUT2D eigenvalue weighted by atomic mass is 79.9. The van der Waals surface area contributed by atoms with Crippen molar-refractivity contribution in [2.75, 3.05) is 26.2 Å². The van der Waals surface area contributed by atoms with Crippen LogP contribution in [0.25, 0.3) is 0 Å². The van der Waals surface area contributed by atoms with Gasteiger partial charge in [0.2, 0.25) is 5.91 Å². The molecule has 1 aliphatic heterocycles. The molecule has 4 nitrogen and oxygen atoms in total. The van der Waals surface area contributed by atoms with Gasteiger partial charge < -0.3 is 9.80 Å². The molecule has 3 rings (SSSR count). The van der Waals surface area contributed by atoms with Crippen LogP contribution in [0.4, 0.5) is 4.39 Å². The summed E-state index contributed by atoms with van der Waals surface area (Å²) in [4.78, 5) is 28.3. The molecule has 0 N–H and O–H groups in total. The highest BCUT2D eigenvalue weighted by Gasteiger charge is 2.25. The molecule has 0 aromatic heterocycles. The lowest BCUT2D eigenvalue weighted by Crippen LogP contribution is -2.51. The van der Waals surface area contributed by atoms with Gasteiger partial charge in [-0.05, 0) is 51.8 Å². The van der Waals surface area contributed by atoms with E-state index >= 15 is 0 Å². The molecule has 26 heavy (non-hydrogen) atoms. The van der Waals surface area contributed by atoms with Crippen LogP contribution in [0, 0.1) is 5.82 Å². The smallest absolute Gasteiger partial charge is 0.253 e. The normalized spacial score (nSPS) is 14.4. The van der Waals surface area contributed by atoms with Crippen LogP contribution in [-0.2, 0) is 11.2 Å². The summed E-state index contributed by atoms with van der Waals surface area (Å²) in [6, 6.07) is 11.7. The summed E-state index contributed by atoms with van der Waals surface area (Å²) in [5.74, 6) is -0.621. The zero-order valence-electron chi connectivity index (χ0n) is 13.9. The average molecular weight is 440 g/mol. The van der Waals surface area contributed by atoms with Gasteiger partial charge in [-0.2, -0.15) is 0 Å². The molecule has 0 unspecified atom stereocenters. The fraction of sp³-hybridized carbons (Fsp3) is 0.263.